The van der Waals surface area contributed by atoms with Crippen LogP contribution in [0, 0.1) is 54.9 Å². The SMILES string of the molecule is C#Cc1ccc(C(=O)C2=C(n3cccc3C(=O)c3ccc(C#C)cc3O)C=CC2)c(O)c1.C1CCOC1.CC#Cc1ccc(C(=O)c2c(-n3cccc3C(=O)c3ccc(C#C[Si](C)(C)C)cc3O)ccn2S(=O)(=O)c2ccc(C)cc2)c(O)c1.CC(C)(C)OC(=O)CN=[N+]=[N-].[Cl][Cu].[K+].[OH-]. The Labute approximate surface area is 631 Å². The van der Waals surface area contributed by atoms with E-state index in [1.807, 2.05) is 13.0 Å². The van der Waals surface area contributed by atoms with E-state index in [9.17, 15) is 52.8 Å². The monoisotopic (exact) mass is 1460 g/mol. The van der Waals surface area contributed by atoms with Gasteiger partial charge in [0.05, 0.1) is 49.9 Å². The number of azide groups is 1. The minimum atomic E-state index is -4.31. The molecule has 4 heterocycles. The Morgan fingerprint density at radius 2 is 1.15 bits per heavy atom. The number of aromatic nitrogens is 3. The second-order valence-corrected chi connectivity index (χ2v) is 29.9. The summed E-state index contributed by atoms with van der Waals surface area (Å²) in [4.78, 5) is 67.5. The van der Waals surface area contributed by atoms with E-state index >= 15 is 0 Å². The summed E-state index contributed by atoms with van der Waals surface area (Å²) in [7, 11) is -1.78. The van der Waals surface area contributed by atoms with E-state index in [0.717, 1.165) is 22.7 Å². The Bertz CT molecular complexity index is 4770. The number of aryl methyl sites for hydroxylation is 1. The maximum absolute atomic E-state index is 14.2. The molecule has 0 bridgehead atoms. The van der Waals surface area contributed by atoms with Gasteiger partial charge in [-0.05, 0) is 181 Å². The van der Waals surface area contributed by atoms with Gasteiger partial charge in [-0.1, -0.05) is 72.2 Å². The van der Waals surface area contributed by atoms with E-state index in [4.69, 9.17) is 27.9 Å². The molecule has 2 aliphatic rings. The van der Waals surface area contributed by atoms with E-state index < -0.39 is 47.0 Å². The fraction of sp³-hybridized carbons (Fsp3) is 0.203. The number of allylic oxidation sites excluding steroid dienone is 4. The number of benzene rings is 5. The van der Waals surface area contributed by atoms with E-state index in [1.165, 1.54) is 103 Å². The molecule has 10 rings (SSSR count). The first-order valence-corrected chi connectivity index (χ1v) is 36.0. The van der Waals surface area contributed by atoms with E-state index in [2.05, 4.69) is 90.0 Å². The number of rotatable bonds is 14. The molecular weight excluding hydrogens is 1400 g/mol. The number of hydrogen-bond acceptors (Lipinski definition) is 15. The number of carbonyl (C=O) groups excluding carboxylic acids is 5. The van der Waals surface area contributed by atoms with Gasteiger partial charge in [0.15, 0.2) is 5.78 Å². The number of phenols is 4. The molecular formula is C74H69ClCuKN6O14SSi. The number of ketones is 4. The molecule has 25 heteroatoms. The van der Waals surface area contributed by atoms with Crippen molar-refractivity contribution in [3.8, 4) is 76.7 Å². The molecule has 1 saturated heterocycles. The van der Waals surface area contributed by atoms with E-state index in [0.29, 0.717) is 39.9 Å². The number of terminal acetylenes is 2. The minimum absolute atomic E-state index is 0. The number of aromatic hydroxyl groups is 4. The topological polar surface area (TPSA) is 312 Å². The zero-order valence-electron chi connectivity index (χ0n) is 55.6. The molecule has 5 aromatic carbocycles. The van der Waals surface area contributed by atoms with Crippen molar-refractivity contribution in [2.45, 2.75) is 84.0 Å². The van der Waals surface area contributed by atoms with Crippen molar-refractivity contribution in [1.29, 1.82) is 0 Å². The maximum atomic E-state index is 14.2. The van der Waals surface area contributed by atoms with E-state index in [1.54, 1.807) is 99.1 Å². The van der Waals surface area contributed by atoms with Crippen LogP contribution in [0.1, 0.15) is 133 Å². The first kappa shape index (κ1) is 82.3. The molecule has 5 N–H and O–H groups in total. The zero-order chi connectivity index (χ0) is 71.4. The van der Waals surface area contributed by atoms with Crippen LogP contribution in [-0.4, -0.2) is 110 Å². The Morgan fingerprint density at radius 1 is 0.687 bits per heavy atom. The van der Waals surface area contributed by atoms with Gasteiger partial charge in [-0.3, -0.25) is 24.0 Å². The minimum Gasteiger partial charge on any atom is -0.870 e. The molecule has 99 heavy (non-hydrogen) atoms. The van der Waals surface area contributed by atoms with Gasteiger partial charge in [-0.2, -0.15) is 0 Å². The van der Waals surface area contributed by atoms with Gasteiger partial charge in [-0.15, -0.1) is 24.3 Å². The summed E-state index contributed by atoms with van der Waals surface area (Å²) in [5.74, 6) is 9.71. The molecule has 0 unspecified atom stereocenters. The molecule has 0 amide bonds. The first-order valence-electron chi connectivity index (χ1n) is 29.7. The van der Waals surface area contributed by atoms with Crippen molar-refractivity contribution in [2.24, 2.45) is 5.11 Å². The second kappa shape index (κ2) is 37.7. The number of halogens is 1. The second-order valence-electron chi connectivity index (χ2n) is 23.4. The van der Waals surface area contributed by atoms with Crippen LogP contribution >= 0.6 is 10.1 Å². The summed E-state index contributed by atoms with van der Waals surface area (Å²) < 4.78 is 41.5. The van der Waals surface area contributed by atoms with Crippen LogP contribution in [0.2, 0.25) is 19.6 Å². The van der Waals surface area contributed by atoms with Crippen molar-refractivity contribution in [3.05, 3.63) is 241 Å². The normalized spacial score (nSPS) is 11.8. The van der Waals surface area contributed by atoms with Gasteiger partial charge in [0.2, 0.25) is 17.3 Å². The summed E-state index contributed by atoms with van der Waals surface area (Å²) in [5.41, 5.74) is 14.5. The molecule has 0 atom stereocenters. The summed E-state index contributed by atoms with van der Waals surface area (Å²) in [6, 6.07) is 31.7. The van der Waals surface area contributed by atoms with Crippen LogP contribution < -0.4 is 51.4 Å². The average molecular weight is 1460 g/mol. The molecule has 0 radical (unpaired) electrons. The third kappa shape index (κ3) is 21.9. The molecule has 0 saturated carbocycles. The largest absolute Gasteiger partial charge is 1.00 e. The molecule has 3 aromatic heterocycles. The van der Waals surface area contributed by atoms with Gasteiger partial charge in [0.25, 0.3) is 10.0 Å². The van der Waals surface area contributed by atoms with Crippen LogP contribution in [0.25, 0.3) is 21.8 Å². The number of hydrogen-bond donors (Lipinski definition) is 4. The zero-order valence-corrected chi connectivity index (χ0v) is 62.2. The summed E-state index contributed by atoms with van der Waals surface area (Å²) in [5, 5.41) is 45.3. The quantitative estimate of drug-likeness (QED) is 0.0150. The van der Waals surface area contributed by atoms with Crippen LogP contribution in [0.3, 0.4) is 0 Å². The van der Waals surface area contributed by atoms with E-state index in [-0.39, 0.29) is 142 Å². The van der Waals surface area contributed by atoms with Crippen molar-refractivity contribution in [1.82, 2.24) is 13.1 Å². The predicted molar refractivity (Wildman–Crippen MR) is 372 cm³/mol. The van der Waals surface area contributed by atoms with Crippen molar-refractivity contribution in [2.75, 3.05) is 19.8 Å². The molecule has 0 spiro atoms. The Kier molecular flexibility index (Phi) is 31.3. The number of esters is 1. The molecule has 508 valence electrons. The smallest absolute Gasteiger partial charge is 0.870 e. The number of carbonyl (C=O) groups is 5. The third-order valence-electron chi connectivity index (χ3n) is 14.0. The Balaban J connectivity index is 0.000000343. The van der Waals surface area contributed by atoms with Gasteiger partial charge in [0, 0.05) is 64.5 Å². The summed E-state index contributed by atoms with van der Waals surface area (Å²) in [6.45, 7) is 16.8. The van der Waals surface area contributed by atoms with Crippen LogP contribution in [-0.2, 0) is 39.4 Å². The van der Waals surface area contributed by atoms with Crippen molar-refractivity contribution < 1.29 is 134 Å². The standard InChI is InChI=1S/C37H32N2O6SSi.C27H17NO4.C6H11N3O2.C4H8O.ClH.Cu.K.H2O/c1-6-8-26-12-17-30(34(41)23-26)37(43)35-31(18-21-39(35)46(44,45)28-14-10-25(2)11-15-28)38-20-7-9-32(38)36(42)29-16-13-27(24-33(29)40)19-22-47(3,4)5;1-3-17-10-12-20(24(29)15-17)26(31)19-7-5-8-22(19)28-14-6-9-23(28)27(32)21-13-11-18(4-2)16-25(21)30;1-6(2,3)11-5(10)4-8-9-7;1-2-4-5-3-1;;;;/h7,9-18,20-21,23-24,40-41H,1-5H3;1-2,5-6,8-16,29-30H,7H2;4H2,1-3H3;1-4H2;1H;;;1H2/q;;;;;2*+1;/p-2. The molecule has 1 fully saturated rings. The Hall–Kier alpha value is -9.15. The maximum Gasteiger partial charge on any atom is 1.00 e. The number of ether oxygens (including phenoxy) is 2. The molecule has 1 aliphatic carbocycles. The Morgan fingerprint density at radius 3 is 1.61 bits per heavy atom. The average Bonchev–Trinajstić information content (AvgIpc) is 1.65. The van der Waals surface area contributed by atoms with Crippen LogP contribution in [0.5, 0.6) is 23.0 Å². The number of Topliss-reactive ketones (excluding diaryl/α,β-unsaturated/α-hetero) is 1. The van der Waals surface area contributed by atoms with Gasteiger partial charge >= 0.3 is 82.6 Å². The summed E-state index contributed by atoms with van der Waals surface area (Å²) in [6.07, 6.45) is 21.6. The van der Waals surface area contributed by atoms with Crippen LogP contribution in [0.15, 0.2) is 174 Å². The summed E-state index contributed by atoms with van der Waals surface area (Å²) >= 11 is 3.66. The van der Waals surface area contributed by atoms with Gasteiger partial charge < -0.3 is 44.5 Å². The molecule has 1 aliphatic heterocycles. The van der Waals surface area contributed by atoms with Crippen molar-refractivity contribution >= 4 is 63.0 Å². The first-order chi connectivity index (χ1) is 46.1. The van der Waals surface area contributed by atoms with Crippen LogP contribution in [0.4, 0.5) is 0 Å². The number of phenolic OH excluding ortho intramolecular Hbond substituents is 4. The third-order valence-corrected chi connectivity index (χ3v) is 16.5. The fourth-order valence-electron chi connectivity index (χ4n) is 9.49. The molecule has 20 nitrogen and oxygen atoms in total. The van der Waals surface area contributed by atoms with Crippen molar-refractivity contribution in [3.63, 3.8) is 0 Å². The number of nitrogens with zero attached hydrogens (tertiary/aromatic N) is 6. The van der Waals surface area contributed by atoms with Gasteiger partial charge in [-0.25, -0.2) is 12.4 Å². The van der Waals surface area contributed by atoms with Gasteiger partial charge in [0.1, 0.15) is 48.9 Å². The molecule has 8 aromatic rings. The predicted octanol–water partition coefficient (Wildman–Crippen LogP) is 10.4. The fourth-order valence-corrected chi connectivity index (χ4v) is 11.4.